The Hall–Kier alpha value is -3.75. The number of aryl methyl sites for hydroxylation is 1. The second kappa shape index (κ2) is 13.1. The van der Waals surface area contributed by atoms with Crippen LogP contribution in [0.1, 0.15) is 52.0 Å². The number of methoxy groups -OCH3 is 1. The van der Waals surface area contributed by atoms with Gasteiger partial charge in [0.2, 0.25) is 0 Å². The van der Waals surface area contributed by atoms with Gasteiger partial charge in [0.15, 0.2) is 0 Å². The molecule has 1 aromatic heterocycles. The molecule has 3 aromatic rings. The highest BCUT2D eigenvalue weighted by molar-refractivity contribution is 5.87. The number of carbonyl (C=O) groups excluding carboxylic acids is 1. The van der Waals surface area contributed by atoms with Crippen molar-refractivity contribution in [1.82, 2.24) is 0 Å². The van der Waals surface area contributed by atoms with Crippen LogP contribution >= 0.6 is 0 Å². The van der Waals surface area contributed by atoms with Crippen LogP contribution in [0.15, 0.2) is 63.8 Å². The number of fused-ring (bicyclic) bond motifs is 1. The van der Waals surface area contributed by atoms with E-state index >= 15 is 0 Å². The van der Waals surface area contributed by atoms with Crippen molar-refractivity contribution in [2.45, 2.75) is 59.1 Å². The molecule has 0 amide bonds. The topological polar surface area (TPSA) is 75.0 Å². The lowest BCUT2D eigenvalue weighted by Gasteiger charge is -2.30. The molecule has 40 heavy (non-hydrogen) atoms. The standard InChI is InChI=1S/C31H35F3O6/c1-6-7-8-9-21-10-13-24(27(14-21)37-5)25-15-22-11-12-23(16-26(22)40-29(25)36)38-18-30(4,17-31(32,33)34)19-39-28(35)20(2)3/h10-16H,2,6-9,17-19H2,1,3-5H3. The number of hydrogen-bond donors (Lipinski definition) is 0. The molecule has 1 atom stereocenters. The minimum Gasteiger partial charge on any atom is -0.496 e. The minimum atomic E-state index is -4.50. The molecule has 0 spiro atoms. The molecule has 3 rings (SSSR count). The van der Waals surface area contributed by atoms with Gasteiger partial charge in [-0.25, -0.2) is 9.59 Å². The third-order valence-electron chi connectivity index (χ3n) is 6.45. The Bertz CT molecular complexity index is 1410. The Morgan fingerprint density at radius 2 is 1.77 bits per heavy atom. The van der Waals surface area contributed by atoms with Gasteiger partial charge in [-0.2, -0.15) is 13.2 Å². The predicted molar refractivity (Wildman–Crippen MR) is 148 cm³/mol. The lowest BCUT2D eigenvalue weighted by molar-refractivity contribution is -0.173. The number of halogens is 3. The summed E-state index contributed by atoms with van der Waals surface area (Å²) in [6, 6.07) is 12.1. The largest absolute Gasteiger partial charge is 0.496 e. The summed E-state index contributed by atoms with van der Waals surface area (Å²) in [5.41, 5.74) is 0.207. The average molecular weight is 561 g/mol. The Labute approximate surface area is 231 Å². The maximum atomic E-state index is 13.3. The van der Waals surface area contributed by atoms with Crippen molar-refractivity contribution in [3.63, 3.8) is 0 Å². The van der Waals surface area contributed by atoms with E-state index in [-0.39, 0.29) is 16.9 Å². The molecule has 9 heteroatoms. The van der Waals surface area contributed by atoms with E-state index < -0.39 is 42.8 Å². The molecule has 6 nitrogen and oxygen atoms in total. The first kappa shape index (κ1) is 30.8. The Kier molecular flexibility index (Phi) is 10.1. The molecular weight excluding hydrogens is 525 g/mol. The van der Waals surface area contributed by atoms with Gasteiger partial charge < -0.3 is 18.6 Å². The van der Waals surface area contributed by atoms with Crippen molar-refractivity contribution in [2.24, 2.45) is 5.41 Å². The SMILES string of the molecule is C=C(C)C(=O)OCC(C)(COc1ccc2cc(-c3ccc(CCCCC)cc3OC)c(=O)oc2c1)CC(F)(F)F. The quantitative estimate of drug-likeness (QED) is 0.0925. The Morgan fingerprint density at radius 1 is 1.02 bits per heavy atom. The molecule has 0 saturated heterocycles. The van der Waals surface area contributed by atoms with E-state index in [4.69, 9.17) is 18.6 Å². The summed E-state index contributed by atoms with van der Waals surface area (Å²) < 4.78 is 61.6. The van der Waals surface area contributed by atoms with Crippen molar-refractivity contribution in [1.29, 1.82) is 0 Å². The van der Waals surface area contributed by atoms with Crippen molar-refractivity contribution < 1.29 is 36.6 Å². The normalized spacial score (nSPS) is 13.1. The molecule has 0 N–H and O–H groups in total. The molecule has 1 heterocycles. The summed E-state index contributed by atoms with van der Waals surface area (Å²) in [6.45, 7) is 7.41. The third kappa shape index (κ3) is 8.37. The molecule has 0 aliphatic rings. The van der Waals surface area contributed by atoms with Gasteiger partial charge in [0.05, 0.1) is 25.7 Å². The zero-order valence-electron chi connectivity index (χ0n) is 23.3. The average Bonchev–Trinajstić information content (AvgIpc) is 2.89. The third-order valence-corrected chi connectivity index (χ3v) is 6.45. The van der Waals surface area contributed by atoms with E-state index in [0.717, 1.165) is 31.2 Å². The summed E-state index contributed by atoms with van der Waals surface area (Å²) in [5.74, 6) is -0.00612. The Balaban J connectivity index is 1.83. The number of alkyl halides is 3. The van der Waals surface area contributed by atoms with Crippen molar-refractivity contribution in [3.8, 4) is 22.6 Å². The lowest BCUT2D eigenvalue weighted by Crippen LogP contribution is -2.36. The van der Waals surface area contributed by atoms with Crippen LogP contribution in [0.2, 0.25) is 0 Å². The molecule has 0 aliphatic heterocycles. The maximum Gasteiger partial charge on any atom is 0.389 e. The summed E-state index contributed by atoms with van der Waals surface area (Å²) >= 11 is 0. The summed E-state index contributed by atoms with van der Waals surface area (Å²) in [7, 11) is 1.55. The fourth-order valence-electron chi connectivity index (χ4n) is 4.31. The summed E-state index contributed by atoms with van der Waals surface area (Å²) in [6.07, 6.45) is -1.50. The first-order valence-corrected chi connectivity index (χ1v) is 13.1. The summed E-state index contributed by atoms with van der Waals surface area (Å²) in [5, 5.41) is 0.601. The fourth-order valence-corrected chi connectivity index (χ4v) is 4.31. The molecule has 1 unspecified atom stereocenters. The van der Waals surface area contributed by atoms with Crippen LogP contribution in [0.3, 0.4) is 0 Å². The van der Waals surface area contributed by atoms with E-state index in [9.17, 15) is 22.8 Å². The van der Waals surface area contributed by atoms with Gasteiger partial charge >= 0.3 is 17.8 Å². The highest BCUT2D eigenvalue weighted by atomic mass is 19.4. The number of carbonyl (C=O) groups is 1. The van der Waals surface area contributed by atoms with Crippen LogP contribution < -0.4 is 15.1 Å². The first-order valence-electron chi connectivity index (χ1n) is 13.1. The van der Waals surface area contributed by atoms with Crippen molar-refractivity contribution in [2.75, 3.05) is 20.3 Å². The van der Waals surface area contributed by atoms with Gasteiger partial charge in [0.1, 0.15) is 23.7 Å². The van der Waals surface area contributed by atoms with Gasteiger partial charge in [-0.05, 0) is 49.6 Å². The van der Waals surface area contributed by atoms with Crippen LogP contribution in [0, 0.1) is 5.41 Å². The molecular formula is C31H35F3O6. The van der Waals surface area contributed by atoms with E-state index in [0.29, 0.717) is 22.3 Å². The number of esters is 1. The van der Waals surface area contributed by atoms with E-state index in [1.54, 1.807) is 25.3 Å². The molecule has 2 aromatic carbocycles. The van der Waals surface area contributed by atoms with E-state index in [1.165, 1.54) is 19.9 Å². The Morgan fingerprint density at radius 3 is 2.42 bits per heavy atom. The van der Waals surface area contributed by atoms with Crippen molar-refractivity contribution >= 4 is 16.9 Å². The lowest BCUT2D eigenvalue weighted by atomic mass is 9.88. The van der Waals surface area contributed by atoms with Gasteiger partial charge in [-0.3, -0.25) is 0 Å². The monoisotopic (exact) mass is 560 g/mol. The van der Waals surface area contributed by atoms with Crippen LogP contribution in [-0.2, 0) is 16.0 Å². The van der Waals surface area contributed by atoms with Gasteiger partial charge in [0.25, 0.3) is 0 Å². The van der Waals surface area contributed by atoms with Crippen LogP contribution in [-0.4, -0.2) is 32.5 Å². The maximum absolute atomic E-state index is 13.3. The van der Waals surface area contributed by atoms with Crippen LogP contribution in [0.4, 0.5) is 13.2 Å². The van der Waals surface area contributed by atoms with Gasteiger partial charge in [-0.1, -0.05) is 45.4 Å². The van der Waals surface area contributed by atoms with Gasteiger partial charge in [-0.15, -0.1) is 0 Å². The zero-order chi connectivity index (χ0) is 29.5. The summed E-state index contributed by atoms with van der Waals surface area (Å²) in [4.78, 5) is 24.7. The van der Waals surface area contributed by atoms with Crippen LogP contribution in [0.5, 0.6) is 11.5 Å². The molecule has 0 fully saturated rings. The van der Waals surface area contributed by atoms with E-state index in [2.05, 4.69) is 13.5 Å². The predicted octanol–water partition coefficient (Wildman–Crippen LogP) is 7.66. The number of unbranched alkanes of at least 4 members (excludes halogenated alkanes) is 2. The fraction of sp³-hybridized carbons (Fsp3) is 0.419. The second-order valence-electron chi connectivity index (χ2n) is 10.4. The highest BCUT2D eigenvalue weighted by Gasteiger charge is 2.41. The van der Waals surface area contributed by atoms with E-state index in [1.807, 2.05) is 18.2 Å². The zero-order valence-corrected chi connectivity index (χ0v) is 23.3. The highest BCUT2D eigenvalue weighted by Crippen LogP contribution is 2.36. The number of rotatable bonds is 13. The molecule has 216 valence electrons. The molecule has 0 saturated carbocycles. The number of ether oxygens (including phenoxy) is 3. The van der Waals surface area contributed by atoms with Crippen LogP contribution in [0.25, 0.3) is 22.1 Å². The van der Waals surface area contributed by atoms with Crippen molar-refractivity contribution in [3.05, 3.63) is 70.6 Å². The van der Waals surface area contributed by atoms with Gasteiger partial charge in [0, 0.05) is 28.0 Å². The molecule has 0 bridgehead atoms. The second-order valence-corrected chi connectivity index (χ2v) is 10.4. The number of hydrogen-bond acceptors (Lipinski definition) is 6. The minimum absolute atomic E-state index is 0.0831. The molecule has 0 aliphatic carbocycles. The smallest absolute Gasteiger partial charge is 0.389 e. The number of benzene rings is 2. The molecule has 0 radical (unpaired) electrons. The first-order chi connectivity index (χ1) is 18.8.